The summed E-state index contributed by atoms with van der Waals surface area (Å²) in [7, 11) is -4.48. The number of aliphatic hydroxyl groups excluding tert-OH is 1. The van der Waals surface area contributed by atoms with Crippen LogP contribution >= 0.6 is 23.8 Å². The summed E-state index contributed by atoms with van der Waals surface area (Å²) < 4.78 is 46.4. The SMILES string of the molecule is O=C1C(=CC=C2Oc3ccc(Cl)cc3[N+]23CCCC3S(=O)(=O)O)N(CCOCCO)C(=S)N1c1ccccn1. The van der Waals surface area contributed by atoms with Crippen LogP contribution in [0.5, 0.6) is 5.75 Å². The van der Waals surface area contributed by atoms with E-state index in [1.165, 1.54) is 17.1 Å². The summed E-state index contributed by atoms with van der Waals surface area (Å²) in [5, 5.41) is 8.42. The Morgan fingerprint density at radius 2 is 2.08 bits per heavy atom. The molecule has 39 heavy (non-hydrogen) atoms. The predicted molar refractivity (Wildman–Crippen MR) is 148 cm³/mol. The van der Waals surface area contributed by atoms with Gasteiger partial charge in [-0.15, -0.1) is 0 Å². The van der Waals surface area contributed by atoms with Crippen LogP contribution in [-0.2, 0) is 19.6 Å². The van der Waals surface area contributed by atoms with E-state index < -0.39 is 21.4 Å². The van der Waals surface area contributed by atoms with Crippen molar-refractivity contribution in [2.75, 3.05) is 37.8 Å². The first-order valence-corrected chi connectivity index (χ1v) is 14.5. The molecule has 11 nitrogen and oxygen atoms in total. The Labute approximate surface area is 235 Å². The second kappa shape index (κ2) is 10.9. The maximum atomic E-state index is 13.6. The fourth-order valence-corrected chi connectivity index (χ4v) is 7.01. The molecule has 4 heterocycles. The van der Waals surface area contributed by atoms with Crippen LogP contribution in [0.3, 0.4) is 0 Å². The zero-order valence-corrected chi connectivity index (χ0v) is 23.0. The van der Waals surface area contributed by atoms with Crippen molar-refractivity contribution in [1.29, 1.82) is 0 Å². The standard InChI is InChI=1S/C25H25ClN4O7S2/c26-17-6-8-20-19(16-17)30(12-3-5-23(30)39(33,34)35)22(37-20)9-7-18-24(32)29(21-4-1-2-10-27-21)25(38)28(18)11-14-36-15-13-31/h1-2,4,6-10,16,23,31H,3,5,11-15H2/p+1. The lowest BCUT2D eigenvalue weighted by Gasteiger charge is -2.32. The van der Waals surface area contributed by atoms with Gasteiger partial charge in [-0.05, 0) is 42.6 Å². The highest BCUT2D eigenvalue weighted by atomic mass is 35.5. The second-order valence-electron chi connectivity index (χ2n) is 9.07. The van der Waals surface area contributed by atoms with Crippen molar-refractivity contribution in [3.63, 3.8) is 0 Å². The van der Waals surface area contributed by atoms with E-state index in [1.807, 2.05) is 0 Å². The maximum absolute atomic E-state index is 13.6. The lowest BCUT2D eigenvalue weighted by atomic mass is 10.2. The molecule has 0 aliphatic carbocycles. The first kappa shape index (κ1) is 27.6. The molecule has 14 heteroatoms. The van der Waals surface area contributed by atoms with Gasteiger partial charge in [0.05, 0.1) is 26.4 Å². The molecular formula is C25H26ClN4O7S2+. The third kappa shape index (κ3) is 4.95. The molecular weight excluding hydrogens is 568 g/mol. The summed E-state index contributed by atoms with van der Waals surface area (Å²) in [6.45, 7) is 0.733. The summed E-state index contributed by atoms with van der Waals surface area (Å²) in [6.07, 6.45) is 5.34. The Hall–Kier alpha value is -2.91. The first-order valence-electron chi connectivity index (χ1n) is 12.2. The molecule has 2 saturated heterocycles. The largest absolute Gasteiger partial charge is 0.406 e. The van der Waals surface area contributed by atoms with E-state index in [9.17, 15) is 17.8 Å². The van der Waals surface area contributed by atoms with Crippen LogP contribution in [0.2, 0.25) is 5.02 Å². The Bertz CT molecular complexity index is 1470. The van der Waals surface area contributed by atoms with Gasteiger partial charge in [0.15, 0.2) is 16.5 Å². The van der Waals surface area contributed by atoms with Crippen molar-refractivity contribution in [2.24, 2.45) is 0 Å². The van der Waals surface area contributed by atoms with Gasteiger partial charge in [-0.2, -0.15) is 8.42 Å². The van der Waals surface area contributed by atoms with E-state index in [-0.39, 0.29) is 54.0 Å². The van der Waals surface area contributed by atoms with Gasteiger partial charge < -0.3 is 19.5 Å². The second-order valence-corrected chi connectivity index (χ2v) is 11.4. The van der Waals surface area contributed by atoms with Gasteiger partial charge in [0.2, 0.25) is 5.37 Å². The number of aliphatic hydroxyl groups is 1. The number of anilines is 1. The van der Waals surface area contributed by atoms with Crippen molar-refractivity contribution in [3.8, 4) is 5.75 Å². The van der Waals surface area contributed by atoms with Crippen molar-refractivity contribution in [3.05, 3.63) is 71.3 Å². The fraction of sp³-hybridized carbons (Fsp3) is 0.320. The van der Waals surface area contributed by atoms with E-state index in [1.54, 1.807) is 47.5 Å². The molecule has 0 radical (unpaired) electrons. The van der Waals surface area contributed by atoms with E-state index in [0.29, 0.717) is 35.2 Å². The summed E-state index contributed by atoms with van der Waals surface area (Å²) in [5.74, 6) is 0.553. The quantitative estimate of drug-likeness (QED) is 0.155. The Balaban J connectivity index is 1.58. The monoisotopic (exact) mass is 593 g/mol. The number of quaternary nitrogens is 1. The third-order valence-electron chi connectivity index (χ3n) is 6.85. The number of aromatic nitrogens is 1. The van der Waals surface area contributed by atoms with E-state index in [4.69, 9.17) is 38.4 Å². The van der Waals surface area contributed by atoms with Crippen molar-refractivity contribution in [2.45, 2.75) is 18.2 Å². The number of ether oxygens (including phenoxy) is 2. The van der Waals surface area contributed by atoms with Crippen molar-refractivity contribution >= 4 is 56.5 Å². The van der Waals surface area contributed by atoms with Crippen LogP contribution in [0.15, 0.2) is 66.3 Å². The summed E-state index contributed by atoms with van der Waals surface area (Å²) in [5.41, 5.74) is 0.717. The molecule has 0 saturated carbocycles. The molecule has 1 aromatic carbocycles. The van der Waals surface area contributed by atoms with Crippen LogP contribution in [0.1, 0.15) is 12.8 Å². The number of hydrogen-bond acceptors (Lipinski definition) is 8. The van der Waals surface area contributed by atoms with Crippen LogP contribution < -0.4 is 14.1 Å². The number of amides is 1. The molecule has 1 amide bonds. The Morgan fingerprint density at radius 1 is 1.26 bits per heavy atom. The number of thiocarbonyl (C=S) groups is 1. The predicted octanol–water partition coefficient (Wildman–Crippen LogP) is 2.81. The Morgan fingerprint density at radius 3 is 2.79 bits per heavy atom. The lowest BCUT2D eigenvalue weighted by molar-refractivity contribution is -0.114. The van der Waals surface area contributed by atoms with Crippen molar-refractivity contribution in [1.82, 2.24) is 14.4 Å². The number of halogens is 1. The van der Waals surface area contributed by atoms with E-state index in [0.717, 1.165) is 0 Å². The number of rotatable bonds is 8. The van der Waals surface area contributed by atoms with Crippen LogP contribution in [0.25, 0.3) is 0 Å². The summed E-state index contributed by atoms with van der Waals surface area (Å²) in [6, 6.07) is 10.0. The molecule has 2 fully saturated rings. The highest BCUT2D eigenvalue weighted by Gasteiger charge is 2.59. The van der Waals surface area contributed by atoms with Gasteiger partial charge in [0, 0.05) is 42.7 Å². The number of pyridine rings is 1. The average molecular weight is 594 g/mol. The van der Waals surface area contributed by atoms with Crippen LogP contribution in [-0.4, -0.2) is 77.3 Å². The number of fused-ring (bicyclic) bond motifs is 2. The zero-order chi connectivity index (χ0) is 27.8. The molecule has 206 valence electrons. The van der Waals surface area contributed by atoms with Gasteiger partial charge in [-0.25, -0.2) is 14.4 Å². The molecule has 3 aliphatic heterocycles. The van der Waals surface area contributed by atoms with E-state index in [2.05, 4.69) is 4.98 Å². The highest BCUT2D eigenvalue weighted by molar-refractivity contribution is 7.86. The molecule has 2 aromatic rings. The summed E-state index contributed by atoms with van der Waals surface area (Å²) in [4.78, 5) is 20.8. The first-order chi connectivity index (χ1) is 18.7. The summed E-state index contributed by atoms with van der Waals surface area (Å²) >= 11 is 11.9. The number of allylic oxidation sites excluding steroid dienone is 2. The number of carbonyl (C=O) groups is 1. The molecule has 2 N–H and O–H groups in total. The van der Waals surface area contributed by atoms with Crippen LogP contribution in [0.4, 0.5) is 11.5 Å². The zero-order valence-electron chi connectivity index (χ0n) is 20.6. The lowest BCUT2D eigenvalue weighted by Crippen LogP contribution is -2.53. The third-order valence-corrected chi connectivity index (χ3v) is 8.77. The smallest absolute Gasteiger partial charge is 0.320 e. The maximum Gasteiger partial charge on any atom is 0.320 e. The minimum atomic E-state index is -4.48. The minimum Gasteiger partial charge on any atom is -0.406 e. The van der Waals surface area contributed by atoms with E-state index >= 15 is 0 Å². The molecule has 5 rings (SSSR count). The normalized spacial score (nSPS) is 24.8. The van der Waals surface area contributed by atoms with Gasteiger partial charge in [0.1, 0.15) is 11.5 Å². The molecule has 0 bridgehead atoms. The molecule has 2 unspecified atom stereocenters. The highest BCUT2D eigenvalue weighted by Crippen LogP contribution is 2.52. The van der Waals surface area contributed by atoms with Crippen LogP contribution in [0, 0.1) is 0 Å². The number of hydrogen-bond donors (Lipinski definition) is 2. The molecule has 3 aliphatic rings. The molecule has 2 atom stereocenters. The molecule has 1 spiro atoms. The average Bonchev–Trinajstić information content (AvgIpc) is 3.55. The fourth-order valence-electron chi connectivity index (χ4n) is 5.23. The topological polar surface area (TPSA) is 130 Å². The molecule has 1 aromatic heterocycles. The van der Waals surface area contributed by atoms with Gasteiger partial charge in [-0.3, -0.25) is 9.35 Å². The minimum absolute atomic E-state index is 0.132. The van der Waals surface area contributed by atoms with Crippen molar-refractivity contribution < 1.29 is 32.3 Å². The number of benzene rings is 1. The Kier molecular flexibility index (Phi) is 7.75. The number of carbonyl (C=O) groups excluding carboxylic acids is 1. The number of nitrogens with zero attached hydrogens (tertiary/aromatic N) is 4. The van der Waals surface area contributed by atoms with Gasteiger partial charge >= 0.3 is 16.0 Å². The van der Waals surface area contributed by atoms with Gasteiger partial charge in [0.25, 0.3) is 5.91 Å². The van der Waals surface area contributed by atoms with Gasteiger partial charge in [-0.1, -0.05) is 17.7 Å².